The van der Waals surface area contributed by atoms with E-state index in [2.05, 4.69) is 16.8 Å². The predicted octanol–water partition coefficient (Wildman–Crippen LogP) is 1.88. The summed E-state index contributed by atoms with van der Waals surface area (Å²) in [5.74, 6) is 0.532. The number of allylic oxidation sites excluding steroid dienone is 2. The zero-order valence-electron chi connectivity index (χ0n) is 8.56. The minimum atomic E-state index is 0.213. The van der Waals surface area contributed by atoms with E-state index in [1.165, 1.54) is 6.42 Å². The van der Waals surface area contributed by atoms with Crippen LogP contribution < -0.4 is 5.32 Å². The van der Waals surface area contributed by atoms with Crippen molar-refractivity contribution >= 4 is 17.5 Å². The topological polar surface area (TPSA) is 29.1 Å². The first-order chi connectivity index (χ1) is 7.34. The van der Waals surface area contributed by atoms with Gasteiger partial charge in [0.25, 0.3) is 0 Å². The largest absolute Gasteiger partial charge is 0.306 e. The number of piperidine rings is 1. The highest BCUT2D eigenvalue weighted by Gasteiger charge is 2.40. The standard InChI is InChI=1S/C12H15NOS/c14-11-5-4-9-8(11)7-12-10(13-9)3-1-2-6-15-12/h2,4-6,8-10,12-13H,1,3,7H2. The zero-order chi connectivity index (χ0) is 10.3. The van der Waals surface area contributed by atoms with Crippen LogP contribution in [0.25, 0.3) is 0 Å². The molecule has 2 heterocycles. The molecule has 1 N–H and O–H groups in total. The number of fused-ring (bicyclic) bond motifs is 2. The molecule has 2 aliphatic heterocycles. The van der Waals surface area contributed by atoms with E-state index in [-0.39, 0.29) is 5.92 Å². The van der Waals surface area contributed by atoms with Gasteiger partial charge in [-0.25, -0.2) is 0 Å². The number of nitrogens with one attached hydrogen (secondary N) is 1. The molecule has 0 amide bonds. The molecule has 3 heteroatoms. The van der Waals surface area contributed by atoms with E-state index in [0.717, 1.165) is 12.8 Å². The fourth-order valence-electron chi connectivity index (χ4n) is 2.76. The smallest absolute Gasteiger partial charge is 0.160 e. The molecule has 3 rings (SSSR count). The molecule has 3 aliphatic rings. The first kappa shape index (κ1) is 9.67. The molecule has 2 nitrogen and oxygen atoms in total. The first-order valence-electron chi connectivity index (χ1n) is 5.63. The van der Waals surface area contributed by atoms with Crippen molar-refractivity contribution in [1.29, 1.82) is 0 Å². The summed E-state index contributed by atoms with van der Waals surface area (Å²) in [6.07, 6.45) is 9.47. The van der Waals surface area contributed by atoms with Crippen molar-refractivity contribution in [3.05, 3.63) is 23.6 Å². The summed E-state index contributed by atoms with van der Waals surface area (Å²) in [6, 6.07) is 0.902. The van der Waals surface area contributed by atoms with Gasteiger partial charge in [0.05, 0.1) is 0 Å². The molecule has 0 spiro atoms. The van der Waals surface area contributed by atoms with Gasteiger partial charge in [-0.05, 0) is 30.7 Å². The Morgan fingerprint density at radius 2 is 2.40 bits per heavy atom. The normalized spacial score (nSPS) is 43.6. The first-order valence-corrected chi connectivity index (χ1v) is 6.57. The molecule has 1 saturated heterocycles. The number of thioether (sulfide) groups is 1. The summed E-state index contributed by atoms with van der Waals surface area (Å²) in [7, 11) is 0. The van der Waals surface area contributed by atoms with Crippen LogP contribution in [-0.4, -0.2) is 23.1 Å². The number of carbonyl (C=O) groups is 1. The molecule has 80 valence electrons. The molecule has 0 aromatic heterocycles. The summed E-state index contributed by atoms with van der Waals surface area (Å²) in [6.45, 7) is 0. The lowest BCUT2D eigenvalue weighted by molar-refractivity contribution is -0.118. The molecule has 0 saturated carbocycles. The van der Waals surface area contributed by atoms with Gasteiger partial charge in [-0.3, -0.25) is 4.79 Å². The Hall–Kier alpha value is -0.540. The minimum Gasteiger partial charge on any atom is -0.306 e. The van der Waals surface area contributed by atoms with E-state index < -0.39 is 0 Å². The van der Waals surface area contributed by atoms with Crippen molar-refractivity contribution in [2.75, 3.05) is 0 Å². The average molecular weight is 221 g/mol. The SMILES string of the molecule is O=C1C=CC2NC3CCC=CSC3CC12. The Kier molecular flexibility index (Phi) is 2.45. The third kappa shape index (κ3) is 1.68. The summed E-state index contributed by atoms with van der Waals surface area (Å²) >= 11 is 1.90. The maximum atomic E-state index is 11.6. The zero-order valence-corrected chi connectivity index (χ0v) is 9.37. The Morgan fingerprint density at radius 1 is 1.47 bits per heavy atom. The number of carbonyl (C=O) groups excluding carboxylic acids is 1. The highest BCUT2D eigenvalue weighted by atomic mass is 32.2. The highest BCUT2D eigenvalue weighted by Crippen LogP contribution is 2.36. The van der Waals surface area contributed by atoms with Gasteiger partial charge in [0.15, 0.2) is 5.78 Å². The van der Waals surface area contributed by atoms with Crippen LogP contribution >= 0.6 is 11.8 Å². The van der Waals surface area contributed by atoms with Gasteiger partial charge in [0, 0.05) is 23.3 Å². The molecule has 4 atom stereocenters. The molecule has 4 unspecified atom stereocenters. The van der Waals surface area contributed by atoms with Crippen LogP contribution in [0.5, 0.6) is 0 Å². The van der Waals surface area contributed by atoms with Crippen LogP contribution in [0.3, 0.4) is 0 Å². The minimum absolute atomic E-state index is 0.213. The summed E-state index contributed by atoms with van der Waals surface area (Å²) in [5, 5.41) is 6.42. The van der Waals surface area contributed by atoms with Gasteiger partial charge in [0.2, 0.25) is 0 Å². The van der Waals surface area contributed by atoms with Crippen LogP contribution in [0.1, 0.15) is 19.3 Å². The van der Waals surface area contributed by atoms with E-state index in [1.807, 2.05) is 17.8 Å². The number of ketones is 1. The van der Waals surface area contributed by atoms with E-state index in [0.29, 0.717) is 23.1 Å². The monoisotopic (exact) mass is 221 g/mol. The van der Waals surface area contributed by atoms with Crippen molar-refractivity contribution < 1.29 is 4.79 Å². The fraction of sp³-hybridized carbons (Fsp3) is 0.583. The number of rotatable bonds is 0. The number of hydrogen-bond donors (Lipinski definition) is 1. The summed E-state index contributed by atoms with van der Waals surface area (Å²) in [4.78, 5) is 11.6. The van der Waals surface area contributed by atoms with E-state index in [9.17, 15) is 4.79 Å². The van der Waals surface area contributed by atoms with Gasteiger partial charge in [-0.15, -0.1) is 11.8 Å². The van der Waals surface area contributed by atoms with E-state index in [1.54, 1.807) is 6.08 Å². The summed E-state index contributed by atoms with van der Waals surface area (Å²) in [5.41, 5.74) is 0. The molecule has 0 bridgehead atoms. The highest BCUT2D eigenvalue weighted by molar-refractivity contribution is 8.02. The predicted molar refractivity (Wildman–Crippen MR) is 62.7 cm³/mol. The molecule has 1 aliphatic carbocycles. The van der Waals surface area contributed by atoms with Crippen molar-refractivity contribution in [1.82, 2.24) is 5.32 Å². The molecular weight excluding hydrogens is 206 g/mol. The third-order valence-corrected chi connectivity index (χ3v) is 4.82. The van der Waals surface area contributed by atoms with Gasteiger partial charge in [-0.2, -0.15) is 0 Å². The van der Waals surface area contributed by atoms with Crippen LogP contribution in [0, 0.1) is 5.92 Å². The molecular formula is C12H15NOS. The maximum absolute atomic E-state index is 11.6. The maximum Gasteiger partial charge on any atom is 0.160 e. The molecule has 15 heavy (non-hydrogen) atoms. The number of hydrogen-bond acceptors (Lipinski definition) is 3. The van der Waals surface area contributed by atoms with Crippen molar-refractivity contribution in [3.8, 4) is 0 Å². The second-order valence-corrected chi connectivity index (χ2v) is 5.68. The van der Waals surface area contributed by atoms with Crippen LogP contribution in [0.4, 0.5) is 0 Å². The van der Waals surface area contributed by atoms with Gasteiger partial charge in [0.1, 0.15) is 0 Å². The van der Waals surface area contributed by atoms with E-state index in [4.69, 9.17) is 0 Å². The Bertz CT molecular complexity index is 337. The average Bonchev–Trinajstić information content (AvgIpc) is 2.49. The second kappa shape index (κ2) is 3.80. The lowest BCUT2D eigenvalue weighted by atomic mass is 9.86. The molecule has 1 fully saturated rings. The molecule has 0 aromatic rings. The third-order valence-electron chi connectivity index (χ3n) is 3.60. The summed E-state index contributed by atoms with van der Waals surface area (Å²) < 4.78 is 0. The lowest BCUT2D eigenvalue weighted by Gasteiger charge is -2.37. The van der Waals surface area contributed by atoms with Gasteiger partial charge >= 0.3 is 0 Å². The quantitative estimate of drug-likeness (QED) is 0.677. The van der Waals surface area contributed by atoms with Crippen LogP contribution in [0.15, 0.2) is 23.6 Å². The second-order valence-electron chi connectivity index (χ2n) is 4.53. The van der Waals surface area contributed by atoms with Gasteiger partial charge < -0.3 is 5.32 Å². The fourth-order valence-corrected chi connectivity index (χ4v) is 3.93. The lowest BCUT2D eigenvalue weighted by Crippen LogP contribution is -2.52. The van der Waals surface area contributed by atoms with Crippen LogP contribution in [0.2, 0.25) is 0 Å². The molecule has 0 aromatic carbocycles. The molecule has 0 radical (unpaired) electrons. The van der Waals surface area contributed by atoms with Crippen molar-refractivity contribution in [2.24, 2.45) is 5.92 Å². The van der Waals surface area contributed by atoms with Gasteiger partial charge in [-0.1, -0.05) is 12.2 Å². The Morgan fingerprint density at radius 3 is 3.33 bits per heavy atom. The Labute approximate surface area is 94.2 Å². The Balaban J connectivity index is 1.79. The van der Waals surface area contributed by atoms with Crippen molar-refractivity contribution in [2.45, 2.75) is 36.6 Å². The van der Waals surface area contributed by atoms with Crippen molar-refractivity contribution in [3.63, 3.8) is 0 Å². The van der Waals surface area contributed by atoms with E-state index >= 15 is 0 Å². The van der Waals surface area contributed by atoms with Crippen LogP contribution in [-0.2, 0) is 4.79 Å².